The van der Waals surface area contributed by atoms with Gasteiger partial charge in [-0.3, -0.25) is 4.79 Å². The van der Waals surface area contributed by atoms with E-state index in [1.165, 1.54) is 0 Å². The van der Waals surface area contributed by atoms with Crippen molar-refractivity contribution >= 4 is 5.91 Å². The molecule has 138 valence electrons. The minimum Gasteiger partial charge on any atom is -0.383 e. The van der Waals surface area contributed by atoms with Crippen LogP contribution >= 0.6 is 0 Å². The second-order valence-electron chi connectivity index (χ2n) is 8.53. The standard InChI is InChI=1S/C21H31NO3/c1-14(2)17-9-8-15(3)12-21(17,25)19(23)22-13-20(24)11-10-16-6-4-5-7-18(16)20/h4-7,14-15,17,24-25H,8-13H2,1-3H3,(H,22,23)/t15?,17?,20?,21-/m1/s1. The first-order chi connectivity index (χ1) is 11.8. The summed E-state index contributed by atoms with van der Waals surface area (Å²) in [5, 5.41) is 25.1. The highest BCUT2D eigenvalue weighted by molar-refractivity contribution is 5.85. The quantitative estimate of drug-likeness (QED) is 0.786. The summed E-state index contributed by atoms with van der Waals surface area (Å²) in [5.74, 6) is 0.226. The summed E-state index contributed by atoms with van der Waals surface area (Å²) in [6.07, 6.45) is 3.84. The molecule has 4 heteroatoms. The van der Waals surface area contributed by atoms with E-state index in [0.29, 0.717) is 18.8 Å². The van der Waals surface area contributed by atoms with Gasteiger partial charge in [-0.2, -0.15) is 0 Å². The minimum absolute atomic E-state index is 0.0331. The Kier molecular flexibility index (Phi) is 4.95. The summed E-state index contributed by atoms with van der Waals surface area (Å²) in [6.45, 7) is 6.39. The van der Waals surface area contributed by atoms with Crippen molar-refractivity contribution in [2.75, 3.05) is 6.54 Å². The lowest BCUT2D eigenvalue weighted by Crippen LogP contribution is -2.57. The normalized spacial score (nSPS) is 34.8. The Balaban J connectivity index is 1.73. The largest absolute Gasteiger partial charge is 0.383 e. The van der Waals surface area contributed by atoms with E-state index in [1.807, 2.05) is 24.3 Å². The highest BCUT2D eigenvalue weighted by atomic mass is 16.3. The molecule has 0 bridgehead atoms. The highest BCUT2D eigenvalue weighted by Crippen LogP contribution is 2.42. The second kappa shape index (κ2) is 6.73. The molecule has 0 aliphatic heterocycles. The Bertz CT molecular complexity index is 644. The molecule has 0 radical (unpaired) electrons. The lowest BCUT2D eigenvalue weighted by molar-refractivity contribution is -0.157. The monoisotopic (exact) mass is 345 g/mol. The van der Waals surface area contributed by atoms with Crippen LogP contribution in [-0.2, 0) is 16.8 Å². The van der Waals surface area contributed by atoms with E-state index >= 15 is 0 Å². The number of nitrogens with one attached hydrogen (secondary N) is 1. The van der Waals surface area contributed by atoms with Gasteiger partial charge < -0.3 is 15.5 Å². The van der Waals surface area contributed by atoms with Crippen LogP contribution in [0.2, 0.25) is 0 Å². The summed E-state index contributed by atoms with van der Waals surface area (Å²) in [7, 11) is 0. The molecule has 4 atom stereocenters. The van der Waals surface area contributed by atoms with Crippen LogP contribution in [0, 0.1) is 17.8 Å². The Hall–Kier alpha value is -1.39. The number of benzene rings is 1. The molecule has 0 spiro atoms. The average Bonchev–Trinajstić information content (AvgIpc) is 2.90. The van der Waals surface area contributed by atoms with Crippen LogP contribution in [0.5, 0.6) is 0 Å². The van der Waals surface area contributed by atoms with E-state index in [1.54, 1.807) is 0 Å². The van der Waals surface area contributed by atoms with E-state index in [-0.39, 0.29) is 24.3 Å². The molecule has 2 aliphatic rings. The summed E-state index contributed by atoms with van der Waals surface area (Å²) in [5.41, 5.74) is -0.319. The van der Waals surface area contributed by atoms with Crippen LogP contribution in [-0.4, -0.2) is 28.3 Å². The number of carbonyl (C=O) groups is 1. The maximum Gasteiger partial charge on any atom is 0.252 e. The van der Waals surface area contributed by atoms with Crippen molar-refractivity contribution in [3.8, 4) is 0 Å². The Labute approximate surface area is 150 Å². The van der Waals surface area contributed by atoms with Crippen LogP contribution in [0.3, 0.4) is 0 Å². The number of carbonyl (C=O) groups excluding carboxylic acids is 1. The molecule has 1 fully saturated rings. The van der Waals surface area contributed by atoms with Gasteiger partial charge in [0, 0.05) is 0 Å². The molecule has 0 heterocycles. The topological polar surface area (TPSA) is 69.6 Å². The first-order valence-corrected chi connectivity index (χ1v) is 9.58. The van der Waals surface area contributed by atoms with Gasteiger partial charge >= 0.3 is 0 Å². The third-order valence-corrected chi connectivity index (χ3v) is 6.31. The van der Waals surface area contributed by atoms with Crippen molar-refractivity contribution in [3.63, 3.8) is 0 Å². The lowest BCUT2D eigenvalue weighted by atomic mass is 9.66. The minimum atomic E-state index is -1.33. The van der Waals surface area contributed by atoms with E-state index < -0.39 is 11.2 Å². The van der Waals surface area contributed by atoms with E-state index in [2.05, 4.69) is 26.1 Å². The number of rotatable bonds is 4. The number of hydrogen-bond acceptors (Lipinski definition) is 3. The maximum atomic E-state index is 12.9. The predicted octanol–water partition coefficient (Wildman–Crippen LogP) is 2.76. The lowest BCUT2D eigenvalue weighted by Gasteiger charge is -2.43. The van der Waals surface area contributed by atoms with Crippen LogP contribution < -0.4 is 5.32 Å². The van der Waals surface area contributed by atoms with Crippen LogP contribution in [0.1, 0.15) is 57.6 Å². The Morgan fingerprint density at radius 3 is 2.72 bits per heavy atom. The molecular weight excluding hydrogens is 314 g/mol. The summed E-state index contributed by atoms with van der Waals surface area (Å²) >= 11 is 0. The number of hydrogen-bond donors (Lipinski definition) is 3. The van der Waals surface area contributed by atoms with Crippen LogP contribution in [0.25, 0.3) is 0 Å². The molecule has 1 amide bonds. The molecule has 1 aromatic rings. The number of fused-ring (bicyclic) bond motifs is 1. The SMILES string of the molecule is CC1CCC(C(C)C)[C@@](O)(C(=O)NCC2(O)CCc3ccccc32)C1. The number of aliphatic hydroxyl groups is 2. The number of aryl methyl sites for hydroxylation is 1. The van der Waals surface area contributed by atoms with Gasteiger partial charge in [0.2, 0.25) is 0 Å². The van der Waals surface area contributed by atoms with Crippen molar-refractivity contribution in [1.29, 1.82) is 0 Å². The van der Waals surface area contributed by atoms with Crippen molar-refractivity contribution in [3.05, 3.63) is 35.4 Å². The van der Waals surface area contributed by atoms with Crippen molar-refractivity contribution < 1.29 is 15.0 Å². The zero-order chi connectivity index (χ0) is 18.2. The van der Waals surface area contributed by atoms with Crippen LogP contribution in [0.15, 0.2) is 24.3 Å². The van der Waals surface area contributed by atoms with Gasteiger partial charge in [-0.15, -0.1) is 0 Å². The summed E-state index contributed by atoms with van der Waals surface area (Å²) < 4.78 is 0. The van der Waals surface area contributed by atoms with Gasteiger partial charge in [0.05, 0.1) is 6.54 Å². The molecule has 3 rings (SSSR count). The van der Waals surface area contributed by atoms with Crippen molar-refractivity contribution in [2.45, 2.75) is 64.1 Å². The highest BCUT2D eigenvalue weighted by Gasteiger charge is 2.49. The summed E-state index contributed by atoms with van der Waals surface area (Å²) in [4.78, 5) is 12.9. The molecule has 3 N–H and O–H groups in total. The fourth-order valence-electron chi connectivity index (χ4n) is 4.86. The van der Waals surface area contributed by atoms with Gasteiger partial charge in [-0.05, 0) is 54.6 Å². The molecular formula is C21H31NO3. The molecule has 1 saturated carbocycles. The number of amides is 1. The Morgan fingerprint density at radius 1 is 1.28 bits per heavy atom. The molecule has 1 aromatic carbocycles. The average molecular weight is 345 g/mol. The van der Waals surface area contributed by atoms with E-state index in [9.17, 15) is 15.0 Å². The third-order valence-electron chi connectivity index (χ3n) is 6.31. The van der Waals surface area contributed by atoms with Crippen molar-refractivity contribution in [2.24, 2.45) is 17.8 Å². The first-order valence-electron chi connectivity index (χ1n) is 9.58. The zero-order valence-corrected chi connectivity index (χ0v) is 15.6. The van der Waals surface area contributed by atoms with Crippen molar-refractivity contribution in [1.82, 2.24) is 5.32 Å². The van der Waals surface area contributed by atoms with E-state index in [4.69, 9.17) is 0 Å². The maximum absolute atomic E-state index is 12.9. The molecule has 0 aromatic heterocycles. The molecule has 4 nitrogen and oxygen atoms in total. The van der Waals surface area contributed by atoms with E-state index in [0.717, 1.165) is 30.4 Å². The van der Waals surface area contributed by atoms with Gasteiger partial charge in [-0.1, -0.05) is 51.5 Å². The van der Waals surface area contributed by atoms with Gasteiger partial charge in [-0.25, -0.2) is 0 Å². The molecule has 3 unspecified atom stereocenters. The van der Waals surface area contributed by atoms with Gasteiger partial charge in [0.25, 0.3) is 5.91 Å². The molecule has 25 heavy (non-hydrogen) atoms. The summed E-state index contributed by atoms with van der Waals surface area (Å²) in [6, 6.07) is 7.85. The molecule has 2 aliphatic carbocycles. The van der Waals surface area contributed by atoms with Gasteiger partial charge in [0.1, 0.15) is 11.2 Å². The first kappa shape index (κ1) is 18.4. The zero-order valence-electron chi connectivity index (χ0n) is 15.6. The predicted molar refractivity (Wildman–Crippen MR) is 98.0 cm³/mol. The fraction of sp³-hybridized carbons (Fsp3) is 0.667. The third kappa shape index (κ3) is 3.34. The van der Waals surface area contributed by atoms with Crippen LogP contribution in [0.4, 0.5) is 0 Å². The molecule has 0 saturated heterocycles. The second-order valence-corrected chi connectivity index (χ2v) is 8.53. The Morgan fingerprint density at radius 2 is 2.00 bits per heavy atom. The fourth-order valence-corrected chi connectivity index (χ4v) is 4.86. The van der Waals surface area contributed by atoms with Gasteiger partial charge in [0.15, 0.2) is 0 Å². The smallest absolute Gasteiger partial charge is 0.252 e.